The lowest BCUT2D eigenvalue weighted by Gasteiger charge is -2.12. The van der Waals surface area contributed by atoms with Crippen LogP contribution in [0.15, 0.2) is 55.2 Å². The van der Waals surface area contributed by atoms with Gasteiger partial charge in [0.15, 0.2) is 0 Å². The minimum atomic E-state index is -0.178. The SMILES string of the molecule is C=Cc1ncccc1C(Cl)c1ccccc1. The molecule has 0 radical (unpaired) electrons. The Hall–Kier alpha value is -1.60. The summed E-state index contributed by atoms with van der Waals surface area (Å²) in [6.45, 7) is 3.75. The van der Waals surface area contributed by atoms with Crippen LogP contribution in [0.3, 0.4) is 0 Å². The highest BCUT2D eigenvalue weighted by Crippen LogP contribution is 2.30. The van der Waals surface area contributed by atoms with E-state index < -0.39 is 0 Å². The summed E-state index contributed by atoms with van der Waals surface area (Å²) in [5, 5.41) is -0.178. The number of hydrogen-bond acceptors (Lipinski definition) is 1. The van der Waals surface area contributed by atoms with Gasteiger partial charge in [0, 0.05) is 11.8 Å². The van der Waals surface area contributed by atoms with Gasteiger partial charge < -0.3 is 0 Å². The van der Waals surface area contributed by atoms with Gasteiger partial charge in [0.25, 0.3) is 0 Å². The molecule has 0 aliphatic heterocycles. The summed E-state index contributed by atoms with van der Waals surface area (Å²) >= 11 is 6.43. The molecular weight excluding hydrogens is 218 g/mol. The molecule has 0 amide bonds. The lowest BCUT2D eigenvalue weighted by molar-refractivity contribution is 1.09. The first-order valence-electron chi connectivity index (χ1n) is 5.09. The fraction of sp³-hybridized carbons (Fsp3) is 0.0714. The molecule has 0 spiro atoms. The van der Waals surface area contributed by atoms with E-state index in [1.165, 1.54) is 0 Å². The van der Waals surface area contributed by atoms with Crippen LogP contribution in [0.25, 0.3) is 6.08 Å². The van der Waals surface area contributed by atoms with Crippen LogP contribution in [0, 0.1) is 0 Å². The summed E-state index contributed by atoms with van der Waals surface area (Å²) < 4.78 is 0. The van der Waals surface area contributed by atoms with Gasteiger partial charge in [-0.15, -0.1) is 11.6 Å². The van der Waals surface area contributed by atoms with Crippen molar-refractivity contribution in [3.8, 4) is 0 Å². The molecule has 0 bridgehead atoms. The molecule has 1 nitrogen and oxygen atoms in total. The van der Waals surface area contributed by atoms with Crippen molar-refractivity contribution >= 4 is 17.7 Å². The maximum atomic E-state index is 6.43. The quantitative estimate of drug-likeness (QED) is 0.724. The standard InChI is InChI=1S/C14H12ClN/c1-2-13-12(9-6-10-16-13)14(15)11-7-4-3-5-8-11/h2-10,14H,1H2. The molecule has 1 atom stereocenters. The molecule has 2 aromatic rings. The van der Waals surface area contributed by atoms with Crippen molar-refractivity contribution in [3.63, 3.8) is 0 Å². The highest BCUT2D eigenvalue weighted by molar-refractivity contribution is 6.22. The van der Waals surface area contributed by atoms with Crippen LogP contribution in [0.1, 0.15) is 22.2 Å². The van der Waals surface area contributed by atoms with Crippen molar-refractivity contribution in [2.75, 3.05) is 0 Å². The average Bonchev–Trinajstić information content (AvgIpc) is 2.39. The molecule has 1 unspecified atom stereocenters. The number of nitrogens with zero attached hydrogens (tertiary/aromatic N) is 1. The molecule has 1 aromatic carbocycles. The van der Waals surface area contributed by atoms with Crippen LogP contribution in [0.4, 0.5) is 0 Å². The zero-order valence-electron chi connectivity index (χ0n) is 8.81. The van der Waals surface area contributed by atoms with Gasteiger partial charge >= 0.3 is 0 Å². The van der Waals surface area contributed by atoms with E-state index in [9.17, 15) is 0 Å². The van der Waals surface area contributed by atoms with E-state index >= 15 is 0 Å². The molecule has 16 heavy (non-hydrogen) atoms. The van der Waals surface area contributed by atoms with Crippen LogP contribution < -0.4 is 0 Å². The van der Waals surface area contributed by atoms with Gasteiger partial charge in [-0.1, -0.05) is 43.0 Å². The predicted molar refractivity (Wildman–Crippen MR) is 68.5 cm³/mol. The number of pyridine rings is 1. The summed E-state index contributed by atoms with van der Waals surface area (Å²) in [5.41, 5.74) is 2.90. The molecule has 0 aliphatic carbocycles. The lowest BCUT2D eigenvalue weighted by atomic mass is 10.0. The minimum absolute atomic E-state index is 0.178. The number of halogens is 1. The second kappa shape index (κ2) is 4.95. The second-order valence-electron chi connectivity index (χ2n) is 3.46. The first kappa shape index (κ1) is 10.9. The average molecular weight is 230 g/mol. The monoisotopic (exact) mass is 229 g/mol. The van der Waals surface area contributed by atoms with E-state index in [-0.39, 0.29) is 5.38 Å². The Kier molecular flexibility index (Phi) is 3.37. The predicted octanol–water partition coefficient (Wildman–Crippen LogP) is 4.05. The molecule has 2 heteroatoms. The zero-order chi connectivity index (χ0) is 11.4. The Balaban J connectivity index is 2.41. The highest BCUT2D eigenvalue weighted by Gasteiger charge is 2.13. The van der Waals surface area contributed by atoms with Gasteiger partial charge in [0.05, 0.1) is 11.1 Å². The largest absolute Gasteiger partial charge is 0.257 e. The number of rotatable bonds is 3. The minimum Gasteiger partial charge on any atom is -0.257 e. The Morgan fingerprint density at radius 2 is 1.88 bits per heavy atom. The van der Waals surface area contributed by atoms with Crippen LogP contribution in [-0.4, -0.2) is 4.98 Å². The Morgan fingerprint density at radius 3 is 2.56 bits per heavy atom. The van der Waals surface area contributed by atoms with Gasteiger partial charge in [0.1, 0.15) is 0 Å². The van der Waals surface area contributed by atoms with Crippen LogP contribution in [0.5, 0.6) is 0 Å². The number of hydrogen-bond donors (Lipinski definition) is 0. The van der Waals surface area contributed by atoms with Crippen LogP contribution >= 0.6 is 11.6 Å². The smallest absolute Gasteiger partial charge is 0.0856 e. The Labute approximate surface area is 100 Å². The van der Waals surface area contributed by atoms with Gasteiger partial charge in [0.2, 0.25) is 0 Å². The third-order valence-corrected chi connectivity index (χ3v) is 2.92. The van der Waals surface area contributed by atoms with E-state index in [1.807, 2.05) is 42.5 Å². The van der Waals surface area contributed by atoms with Gasteiger partial charge in [-0.05, 0) is 17.7 Å². The molecule has 0 saturated carbocycles. The number of aromatic nitrogens is 1. The molecule has 0 saturated heterocycles. The summed E-state index contributed by atoms with van der Waals surface area (Å²) in [7, 11) is 0. The van der Waals surface area contributed by atoms with Gasteiger partial charge in [-0.25, -0.2) is 0 Å². The molecule has 1 heterocycles. The third-order valence-electron chi connectivity index (χ3n) is 2.43. The van der Waals surface area contributed by atoms with E-state index in [1.54, 1.807) is 12.3 Å². The van der Waals surface area contributed by atoms with E-state index in [4.69, 9.17) is 11.6 Å². The third kappa shape index (κ3) is 2.15. The Bertz CT molecular complexity index is 479. The topological polar surface area (TPSA) is 12.9 Å². The molecule has 0 aliphatic rings. The summed E-state index contributed by atoms with van der Waals surface area (Å²) in [5.74, 6) is 0. The normalized spacial score (nSPS) is 12.1. The van der Waals surface area contributed by atoms with Gasteiger partial charge in [-0.2, -0.15) is 0 Å². The van der Waals surface area contributed by atoms with Crippen molar-refractivity contribution in [1.29, 1.82) is 0 Å². The fourth-order valence-corrected chi connectivity index (χ4v) is 1.95. The van der Waals surface area contributed by atoms with Crippen molar-refractivity contribution in [3.05, 3.63) is 72.1 Å². The number of alkyl halides is 1. The maximum Gasteiger partial charge on any atom is 0.0856 e. The summed E-state index contributed by atoms with van der Waals surface area (Å²) in [6, 6.07) is 13.8. The molecule has 0 N–H and O–H groups in total. The van der Waals surface area contributed by atoms with Crippen LogP contribution in [-0.2, 0) is 0 Å². The van der Waals surface area contributed by atoms with Crippen LogP contribution in [0.2, 0.25) is 0 Å². The molecule has 0 fully saturated rings. The van der Waals surface area contributed by atoms with Crippen molar-refractivity contribution in [2.45, 2.75) is 5.38 Å². The lowest BCUT2D eigenvalue weighted by Crippen LogP contribution is -1.97. The number of benzene rings is 1. The fourth-order valence-electron chi connectivity index (χ4n) is 1.62. The highest BCUT2D eigenvalue weighted by atomic mass is 35.5. The second-order valence-corrected chi connectivity index (χ2v) is 3.89. The van der Waals surface area contributed by atoms with E-state index in [0.29, 0.717) is 0 Å². The van der Waals surface area contributed by atoms with Crippen molar-refractivity contribution in [1.82, 2.24) is 4.98 Å². The van der Waals surface area contributed by atoms with E-state index in [2.05, 4.69) is 11.6 Å². The Morgan fingerprint density at radius 1 is 1.12 bits per heavy atom. The van der Waals surface area contributed by atoms with Crippen molar-refractivity contribution < 1.29 is 0 Å². The maximum absolute atomic E-state index is 6.43. The molecule has 1 aromatic heterocycles. The first-order valence-corrected chi connectivity index (χ1v) is 5.53. The van der Waals surface area contributed by atoms with Crippen molar-refractivity contribution in [2.24, 2.45) is 0 Å². The summed E-state index contributed by atoms with van der Waals surface area (Å²) in [6.07, 6.45) is 3.47. The molecule has 80 valence electrons. The van der Waals surface area contributed by atoms with Gasteiger partial charge in [-0.3, -0.25) is 4.98 Å². The zero-order valence-corrected chi connectivity index (χ0v) is 9.56. The molecular formula is C14H12ClN. The summed E-state index contributed by atoms with van der Waals surface area (Å²) in [4.78, 5) is 4.24. The van der Waals surface area contributed by atoms with E-state index in [0.717, 1.165) is 16.8 Å². The first-order chi connectivity index (χ1) is 7.83. The molecule has 2 rings (SSSR count).